The predicted molar refractivity (Wildman–Crippen MR) is 93.2 cm³/mol. The molecular formula is C20H34O3. The number of aliphatic hydroxyl groups excluding tert-OH is 1. The van der Waals surface area contributed by atoms with E-state index in [4.69, 9.17) is 5.11 Å². The molecule has 0 amide bonds. The zero-order valence-electron chi connectivity index (χ0n) is 15.3. The molecule has 23 heavy (non-hydrogen) atoms. The van der Waals surface area contributed by atoms with Crippen molar-refractivity contribution in [1.82, 2.24) is 0 Å². The van der Waals surface area contributed by atoms with Gasteiger partial charge in [0.25, 0.3) is 0 Å². The third-order valence-corrected chi connectivity index (χ3v) is 7.24. The first-order chi connectivity index (χ1) is 10.7. The summed E-state index contributed by atoms with van der Waals surface area (Å²) in [5, 5.41) is 18.8. The highest BCUT2D eigenvalue weighted by atomic mass is 16.4. The van der Waals surface area contributed by atoms with Crippen LogP contribution in [0.2, 0.25) is 0 Å². The second-order valence-electron chi connectivity index (χ2n) is 8.62. The molecule has 0 bridgehead atoms. The topological polar surface area (TPSA) is 57.5 Å². The zero-order valence-corrected chi connectivity index (χ0v) is 15.3. The van der Waals surface area contributed by atoms with Gasteiger partial charge >= 0.3 is 5.97 Å². The van der Waals surface area contributed by atoms with Crippen molar-refractivity contribution in [2.75, 3.05) is 6.61 Å². The van der Waals surface area contributed by atoms with E-state index in [0.717, 1.165) is 19.3 Å². The lowest BCUT2D eigenvalue weighted by molar-refractivity contribution is -0.138. The second kappa shape index (κ2) is 6.96. The van der Waals surface area contributed by atoms with Gasteiger partial charge in [0.05, 0.1) is 6.61 Å². The number of carboxylic acids is 1. The number of hydrogen-bond acceptors (Lipinski definition) is 2. The first-order valence-electron chi connectivity index (χ1n) is 9.26. The van der Waals surface area contributed by atoms with Gasteiger partial charge < -0.3 is 10.2 Å². The molecule has 0 aromatic rings. The zero-order chi connectivity index (χ0) is 17.3. The molecule has 1 fully saturated rings. The van der Waals surface area contributed by atoms with E-state index >= 15 is 0 Å². The minimum atomic E-state index is -0.688. The SMILES string of the molecule is C[C@H](CC[C@@]1(C)[C@H](C)CC[C@@]2(C)C(CO)=CCC[C@H]12)CC(=O)O. The molecule has 0 aromatic heterocycles. The van der Waals surface area contributed by atoms with E-state index in [9.17, 15) is 9.90 Å². The standard InChI is InChI=1S/C20H34O3/c1-14(12-18(22)23)8-10-19(3)15(2)9-11-20(4)16(13-21)6-5-7-17(19)20/h6,14-15,17,21H,5,7-13H2,1-4H3,(H,22,23)/t14-,15-,17-,19+,20+/m1/s1. The molecular weight excluding hydrogens is 288 g/mol. The lowest BCUT2D eigenvalue weighted by Gasteiger charge is -2.58. The first kappa shape index (κ1) is 18.5. The Morgan fingerprint density at radius 3 is 2.70 bits per heavy atom. The molecule has 2 rings (SSSR count). The predicted octanol–water partition coefficient (Wildman–Crippen LogP) is 4.65. The van der Waals surface area contributed by atoms with Crippen LogP contribution in [-0.4, -0.2) is 22.8 Å². The van der Waals surface area contributed by atoms with Gasteiger partial charge in [-0.2, -0.15) is 0 Å². The highest BCUT2D eigenvalue weighted by Gasteiger charge is 2.53. The van der Waals surface area contributed by atoms with E-state index in [2.05, 4.69) is 33.8 Å². The lowest BCUT2D eigenvalue weighted by Crippen LogP contribution is -2.50. The Morgan fingerprint density at radius 2 is 2.09 bits per heavy atom. The van der Waals surface area contributed by atoms with Crippen molar-refractivity contribution in [2.45, 2.75) is 72.6 Å². The normalized spacial score (nSPS) is 38.6. The molecule has 2 aliphatic rings. The number of aliphatic hydroxyl groups is 1. The summed E-state index contributed by atoms with van der Waals surface area (Å²) in [5.41, 5.74) is 1.61. The summed E-state index contributed by atoms with van der Waals surface area (Å²) in [6, 6.07) is 0. The molecule has 0 saturated heterocycles. The maximum absolute atomic E-state index is 10.9. The van der Waals surface area contributed by atoms with Crippen molar-refractivity contribution in [3.63, 3.8) is 0 Å². The van der Waals surface area contributed by atoms with Gasteiger partial charge in [0, 0.05) is 6.42 Å². The third-order valence-electron chi connectivity index (χ3n) is 7.24. The van der Waals surface area contributed by atoms with Crippen LogP contribution in [0.15, 0.2) is 11.6 Å². The summed E-state index contributed by atoms with van der Waals surface area (Å²) in [5.74, 6) is 0.812. The Kier molecular flexibility index (Phi) is 5.60. The van der Waals surface area contributed by atoms with Crippen LogP contribution < -0.4 is 0 Å². The lowest BCUT2D eigenvalue weighted by atomic mass is 9.46. The van der Waals surface area contributed by atoms with Crippen molar-refractivity contribution in [3.8, 4) is 0 Å². The molecule has 2 aliphatic carbocycles. The number of aliphatic carboxylic acids is 1. The maximum atomic E-state index is 10.9. The van der Waals surface area contributed by atoms with Gasteiger partial charge in [-0.25, -0.2) is 0 Å². The molecule has 0 heterocycles. The molecule has 3 heteroatoms. The van der Waals surface area contributed by atoms with E-state index in [0.29, 0.717) is 11.8 Å². The molecule has 0 unspecified atom stereocenters. The highest BCUT2D eigenvalue weighted by Crippen LogP contribution is 2.61. The molecule has 5 atom stereocenters. The average Bonchev–Trinajstić information content (AvgIpc) is 2.48. The van der Waals surface area contributed by atoms with Crippen LogP contribution in [0.25, 0.3) is 0 Å². The molecule has 3 nitrogen and oxygen atoms in total. The largest absolute Gasteiger partial charge is 0.481 e. The van der Waals surface area contributed by atoms with Crippen LogP contribution >= 0.6 is 0 Å². The van der Waals surface area contributed by atoms with Gasteiger partial charge in [-0.3, -0.25) is 4.79 Å². The van der Waals surface area contributed by atoms with Gasteiger partial charge in [-0.1, -0.05) is 33.8 Å². The molecule has 132 valence electrons. The van der Waals surface area contributed by atoms with Crippen molar-refractivity contribution < 1.29 is 15.0 Å². The van der Waals surface area contributed by atoms with E-state index in [-0.39, 0.29) is 29.8 Å². The Morgan fingerprint density at radius 1 is 1.39 bits per heavy atom. The number of rotatable bonds is 6. The van der Waals surface area contributed by atoms with E-state index < -0.39 is 5.97 Å². The fraction of sp³-hybridized carbons (Fsp3) is 0.850. The van der Waals surface area contributed by atoms with Gasteiger partial charge in [-0.15, -0.1) is 0 Å². The molecule has 0 aliphatic heterocycles. The molecule has 0 aromatic carbocycles. The minimum absolute atomic E-state index is 0.129. The highest BCUT2D eigenvalue weighted by molar-refractivity contribution is 5.66. The quantitative estimate of drug-likeness (QED) is 0.700. The third kappa shape index (κ3) is 3.50. The summed E-state index contributed by atoms with van der Waals surface area (Å²) < 4.78 is 0. The molecule has 0 spiro atoms. The Balaban J connectivity index is 2.18. The van der Waals surface area contributed by atoms with Crippen LogP contribution in [0.1, 0.15) is 72.6 Å². The Hall–Kier alpha value is -0.830. The number of carboxylic acid groups (broad SMARTS) is 1. The number of carbonyl (C=O) groups is 1. The summed E-state index contributed by atoms with van der Waals surface area (Å²) in [6.07, 6.45) is 9.27. The smallest absolute Gasteiger partial charge is 0.303 e. The van der Waals surface area contributed by atoms with Gasteiger partial charge in [0.15, 0.2) is 0 Å². The van der Waals surface area contributed by atoms with Crippen molar-refractivity contribution in [2.24, 2.45) is 28.6 Å². The minimum Gasteiger partial charge on any atom is -0.481 e. The maximum Gasteiger partial charge on any atom is 0.303 e. The average molecular weight is 322 g/mol. The van der Waals surface area contributed by atoms with Gasteiger partial charge in [-0.05, 0) is 72.7 Å². The summed E-state index contributed by atoms with van der Waals surface area (Å²) in [4.78, 5) is 10.9. The number of allylic oxidation sites excluding steroid dienone is 1. The monoisotopic (exact) mass is 322 g/mol. The van der Waals surface area contributed by atoms with Crippen LogP contribution in [0, 0.1) is 28.6 Å². The summed E-state index contributed by atoms with van der Waals surface area (Å²) in [7, 11) is 0. The molecule has 0 radical (unpaired) electrons. The van der Waals surface area contributed by atoms with E-state index in [1.807, 2.05) is 0 Å². The number of fused-ring (bicyclic) bond motifs is 1. The molecule has 1 saturated carbocycles. The van der Waals surface area contributed by atoms with Crippen molar-refractivity contribution in [3.05, 3.63) is 11.6 Å². The Labute approximate surface area is 141 Å². The fourth-order valence-corrected chi connectivity index (χ4v) is 5.40. The fourth-order valence-electron chi connectivity index (χ4n) is 5.40. The van der Waals surface area contributed by atoms with E-state index in [1.54, 1.807) is 0 Å². The second-order valence-corrected chi connectivity index (χ2v) is 8.62. The number of hydrogen-bond donors (Lipinski definition) is 2. The van der Waals surface area contributed by atoms with Crippen LogP contribution in [0.5, 0.6) is 0 Å². The van der Waals surface area contributed by atoms with E-state index in [1.165, 1.54) is 24.8 Å². The first-order valence-corrected chi connectivity index (χ1v) is 9.26. The van der Waals surface area contributed by atoms with Crippen LogP contribution in [0.4, 0.5) is 0 Å². The van der Waals surface area contributed by atoms with Gasteiger partial charge in [0.1, 0.15) is 0 Å². The van der Waals surface area contributed by atoms with Crippen molar-refractivity contribution in [1.29, 1.82) is 0 Å². The van der Waals surface area contributed by atoms with Gasteiger partial charge in [0.2, 0.25) is 0 Å². The van der Waals surface area contributed by atoms with Crippen LogP contribution in [0.3, 0.4) is 0 Å². The summed E-state index contributed by atoms with van der Waals surface area (Å²) >= 11 is 0. The molecule has 2 N–H and O–H groups in total. The summed E-state index contributed by atoms with van der Waals surface area (Å²) in [6.45, 7) is 9.40. The van der Waals surface area contributed by atoms with Crippen molar-refractivity contribution >= 4 is 5.97 Å². The Bertz CT molecular complexity index is 470. The van der Waals surface area contributed by atoms with Crippen LogP contribution in [-0.2, 0) is 4.79 Å².